The first-order valence-electron chi connectivity index (χ1n) is 4.69. The van der Waals surface area contributed by atoms with E-state index in [4.69, 9.17) is 0 Å². The third-order valence-electron chi connectivity index (χ3n) is 2.18. The molecule has 1 rings (SSSR count). The molecule has 0 spiro atoms. The molecule has 5 heteroatoms. The van der Waals surface area contributed by atoms with E-state index in [0.29, 0.717) is 19.6 Å². The molecule has 0 aromatic heterocycles. The van der Waals surface area contributed by atoms with Gasteiger partial charge in [-0.2, -0.15) is 0 Å². The molecule has 3 amide bonds. The standard InChI is InChI=1S/C9H14N2O3/c1-3-4-10-5-6-11(7(2)12)9(14)8(10)13/h3-6H2,1-2H3. The van der Waals surface area contributed by atoms with E-state index >= 15 is 0 Å². The highest BCUT2D eigenvalue weighted by Gasteiger charge is 2.33. The van der Waals surface area contributed by atoms with Gasteiger partial charge < -0.3 is 4.90 Å². The average molecular weight is 198 g/mol. The minimum absolute atomic E-state index is 0.319. The summed E-state index contributed by atoms with van der Waals surface area (Å²) in [6.07, 6.45) is 0.819. The number of nitrogens with zero attached hydrogens (tertiary/aromatic N) is 2. The second kappa shape index (κ2) is 4.21. The number of piperazine rings is 1. The summed E-state index contributed by atoms with van der Waals surface area (Å²) in [6, 6.07) is 0. The lowest BCUT2D eigenvalue weighted by Crippen LogP contribution is -2.55. The van der Waals surface area contributed by atoms with Gasteiger partial charge in [-0.1, -0.05) is 6.92 Å². The zero-order valence-corrected chi connectivity index (χ0v) is 8.45. The molecule has 1 fully saturated rings. The van der Waals surface area contributed by atoms with Crippen molar-refractivity contribution in [2.45, 2.75) is 20.3 Å². The van der Waals surface area contributed by atoms with Gasteiger partial charge in [-0.3, -0.25) is 19.3 Å². The van der Waals surface area contributed by atoms with Crippen LogP contribution >= 0.6 is 0 Å². The number of carbonyl (C=O) groups is 3. The van der Waals surface area contributed by atoms with Crippen molar-refractivity contribution in [3.8, 4) is 0 Å². The molecule has 14 heavy (non-hydrogen) atoms. The quantitative estimate of drug-likeness (QED) is 0.568. The zero-order valence-electron chi connectivity index (χ0n) is 8.45. The Kier molecular flexibility index (Phi) is 3.22. The molecule has 0 radical (unpaired) electrons. The highest BCUT2D eigenvalue weighted by Crippen LogP contribution is 2.05. The van der Waals surface area contributed by atoms with Crippen molar-refractivity contribution < 1.29 is 14.4 Å². The predicted octanol–water partition coefficient (Wildman–Crippen LogP) is -0.386. The van der Waals surface area contributed by atoms with Gasteiger partial charge in [0.15, 0.2) is 0 Å². The van der Waals surface area contributed by atoms with Gasteiger partial charge in [-0.15, -0.1) is 0 Å². The molecule has 0 atom stereocenters. The molecule has 0 bridgehead atoms. The fourth-order valence-electron chi connectivity index (χ4n) is 1.46. The van der Waals surface area contributed by atoms with Crippen LogP contribution in [-0.4, -0.2) is 47.2 Å². The summed E-state index contributed by atoms with van der Waals surface area (Å²) in [5, 5.41) is 0. The summed E-state index contributed by atoms with van der Waals surface area (Å²) in [7, 11) is 0. The van der Waals surface area contributed by atoms with Crippen molar-refractivity contribution in [3.63, 3.8) is 0 Å². The Morgan fingerprint density at radius 3 is 2.43 bits per heavy atom. The Balaban J connectivity index is 2.69. The molecule has 0 saturated carbocycles. The smallest absolute Gasteiger partial charge is 0.318 e. The number of hydrogen-bond acceptors (Lipinski definition) is 3. The normalized spacial score (nSPS) is 17.6. The fourth-order valence-corrected chi connectivity index (χ4v) is 1.46. The third-order valence-corrected chi connectivity index (χ3v) is 2.18. The first kappa shape index (κ1) is 10.7. The van der Waals surface area contributed by atoms with Crippen molar-refractivity contribution in [3.05, 3.63) is 0 Å². The van der Waals surface area contributed by atoms with Crippen molar-refractivity contribution in [1.29, 1.82) is 0 Å². The van der Waals surface area contributed by atoms with E-state index in [1.807, 2.05) is 6.92 Å². The molecule has 1 saturated heterocycles. The summed E-state index contributed by atoms with van der Waals surface area (Å²) in [5.74, 6) is -1.62. The lowest BCUT2D eigenvalue weighted by atomic mass is 10.2. The number of imide groups is 1. The summed E-state index contributed by atoms with van der Waals surface area (Å²) >= 11 is 0. The Morgan fingerprint density at radius 2 is 1.93 bits per heavy atom. The van der Waals surface area contributed by atoms with Gasteiger partial charge >= 0.3 is 11.8 Å². The molecule has 0 unspecified atom stereocenters. The largest absolute Gasteiger partial charge is 0.333 e. The predicted molar refractivity (Wildman–Crippen MR) is 49.3 cm³/mol. The number of carbonyl (C=O) groups excluding carboxylic acids is 3. The number of hydrogen-bond donors (Lipinski definition) is 0. The van der Waals surface area contributed by atoms with Gasteiger partial charge in [0.1, 0.15) is 0 Å². The highest BCUT2D eigenvalue weighted by atomic mass is 16.2. The van der Waals surface area contributed by atoms with E-state index in [9.17, 15) is 14.4 Å². The molecule has 1 aliphatic heterocycles. The summed E-state index contributed by atoms with van der Waals surface area (Å²) in [4.78, 5) is 36.2. The average Bonchev–Trinajstić information content (AvgIpc) is 2.13. The van der Waals surface area contributed by atoms with Crippen molar-refractivity contribution >= 4 is 17.7 Å². The van der Waals surface area contributed by atoms with Crippen LogP contribution in [0.25, 0.3) is 0 Å². The van der Waals surface area contributed by atoms with Gasteiger partial charge in [-0.05, 0) is 6.42 Å². The monoisotopic (exact) mass is 198 g/mol. The minimum Gasteiger partial charge on any atom is -0.333 e. The molecule has 0 aromatic rings. The van der Waals surface area contributed by atoms with Crippen LogP contribution in [0.5, 0.6) is 0 Å². The van der Waals surface area contributed by atoms with Gasteiger partial charge in [0.2, 0.25) is 5.91 Å². The van der Waals surface area contributed by atoms with Crippen LogP contribution in [0.3, 0.4) is 0 Å². The lowest BCUT2D eigenvalue weighted by Gasteiger charge is -2.31. The van der Waals surface area contributed by atoms with Crippen molar-refractivity contribution in [1.82, 2.24) is 9.80 Å². The molecular formula is C9H14N2O3. The molecule has 5 nitrogen and oxygen atoms in total. The third kappa shape index (κ3) is 1.92. The van der Waals surface area contributed by atoms with Crippen LogP contribution < -0.4 is 0 Å². The topological polar surface area (TPSA) is 57.7 Å². The maximum atomic E-state index is 11.4. The van der Waals surface area contributed by atoms with Crippen LogP contribution in [0.1, 0.15) is 20.3 Å². The van der Waals surface area contributed by atoms with Gasteiger partial charge in [0.25, 0.3) is 0 Å². The Labute approximate surface area is 82.7 Å². The second-order valence-corrected chi connectivity index (χ2v) is 3.27. The summed E-state index contributed by atoms with van der Waals surface area (Å²) < 4.78 is 0. The van der Waals surface area contributed by atoms with Gasteiger partial charge in [0, 0.05) is 26.6 Å². The number of rotatable bonds is 2. The molecule has 0 aliphatic carbocycles. The molecule has 0 aromatic carbocycles. The SMILES string of the molecule is CCCN1CCN(C(C)=O)C(=O)C1=O. The van der Waals surface area contributed by atoms with Gasteiger partial charge in [0.05, 0.1) is 0 Å². The van der Waals surface area contributed by atoms with Crippen LogP contribution in [0, 0.1) is 0 Å². The van der Waals surface area contributed by atoms with E-state index < -0.39 is 11.8 Å². The van der Waals surface area contributed by atoms with E-state index in [2.05, 4.69) is 0 Å². The summed E-state index contributed by atoms with van der Waals surface area (Å²) in [6.45, 7) is 4.59. The Morgan fingerprint density at radius 1 is 1.29 bits per heavy atom. The first-order valence-corrected chi connectivity index (χ1v) is 4.69. The fraction of sp³-hybridized carbons (Fsp3) is 0.667. The van der Waals surface area contributed by atoms with E-state index in [1.54, 1.807) is 0 Å². The number of amides is 3. The Hall–Kier alpha value is -1.39. The van der Waals surface area contributed by atoms with Crippen LogP contribution in [-0.2, 0) is 14.4 Å². The molecule has 0 N–H and O–H groups in total. The minimum atomic E-state index is -0.697. The van der Waals surface area contributed by atoms with Crippen molar-refractivity contribution in [2.75, 3.05) is 19.6 Å². The van der Waals surface area contributed by atoms with Gasteiger partial charge in [-0.25, -0.2) is 0 Å². The van der Waals surface area contributed by atoms with Crippen LogP contribution in [0.2, 0.25) is 0 Å². The van der Waals surface area contributed by atoms with E-state index in [-0.39, 0.29) is 5.91 Å². The molecule has 1 aliphatic rings. The molecule has 1 heterocycles. The maximum absolute atomic E-state index is 11.4. The maximum Gasteiger partial charge on any atom is 0.318 e. The Bertz CT molecular complexity index is 275. The van der Waals surface area contributed by atoms with Crippen molar-refractivity contribution in [2.24, 2.45) is 0 Å². The molecule has 78 valence electrons. The first-order chi connectivity index (χ1) is 6.57. The summed E-state index contributed by atoms with van der Waals surface area (Å²) in [5.41, 5.74) is 0. The van der Waals surface area contributed by atoms with Crippen LogP contribution in [0.4, 0.5) is 0 Å². The zero-order chi connectivity index (χ0) is 10.7. The van der Waals surface area contributed by atoms with E-state index in [1.165, 1.54) is 11.8 Å². The molecular weight excluding hydrogens is 184 g/mol. The van der Waals surface area contributed by atoms with Crippen LogP contribution in [0.15, 0.2) is 0 Å². The lowest BCUT2D eigenvalue weighted by molar-refractivity contribution is -0.160. The second-order valence-electron chi connectivity index (χ2n) is 3.27. The highest BCUT2D eigenvalue weighted by molar-refractivity contribution is 6.38. The van der Waals surface area contributed by atoms with E-state index in [0.717, 1.165) is 11.3 Å².